The zero-order chi connectivity index (χ0) is 16.4. The van der Waals surface area contributed by atoms with E-state index < -0.39 is 0 Å². The molecule has 0 fully saturated rings. The summed E-state index contributed by atoms with van der Waals surface area (Å²) in [4.78, 5) is 12.5. The van der Waals surface area contributed by atoms with Crippen molar-refractivity contribution < 1.29 is 4.79 Å². The van der Waals surface area contributed by atoms with Gasteiger partial charge in [-0.05, 0) is 86.6 Å². The van der Waals surface area contributed by atoms with Crippen molar-refractivity contribution in [3.63, 3.8) is 0 Å². The minimum Gasteiger partial charge on any atom is -0.289 e. The minimum absolute atomic E-state index is 0.0678. The molecule has 1 heteroatoms. The summed E-state index contributed by atoms with van der Waals surface area (Å²) in [5, 5.41) is 0. The van der Waals surface area contributed by atoms with E-state index in [1.165, 1.54) is 27.8 Å². The molecule has 0 radical (unpaired) electrons. The number of hydrogen-bond acceptors (Lipinski definition) is 1. The fraction of sp³-hybridized carbons (Fsp3) is 0.286. The Balaban J connectivity index is 2.34. The van der Waals surface area contributed by atoms with Gasteiger partial charge in [-0.15, -0.1) is 0 Å². The van der Waals surface area contributed by atoms with Gasteiger partial charge in [-0.25, -0.2) is 0 Å². The lowest BCUT2D eigenvalue weighted by Crippen LogP contribution is -2.01. The average Bonchev–Trinajstić information content (AvgIpc) is 2.49. The molecule has 0 spiro atoms. The number of aryl methyl sites for hydroxylation is 2. The predicted molar refractivity (Wildman–Crippen MR) is 94.7 cm³/mol. The van der Waals surface area contributed by atoms with Gasteiger partial charge in [0, 0.05) is 5.56 Å². The van der Waals surface area contributed by atoms with Crippen molar-refractivity contribution in [1.29, 1.82) is 0 Å². The molecule has 2 aromatic rings. The standard InChI is InChI=1S/C21H24O/c1-13-7-9-19(17(5)15(13)3)10-12-21(22)20-11-8-14(2)16(4)18(20)6/h7-12H,1-6H3/b12-10+. The molecule has 0 unspecified atom stereocenters. The van der Waals surface area contributed by atoms with E-state index in [9.17, 15) is 4.79 Å². The maximum Gasteiger partial charge on any atom is 0.186 e. The highest BCUT2D eigenvalue weighted by molar-refractivity contribution is 6.08. The molecule has 0 saturated heterocycles. The Morgan fingerprint density at radius 2 is 1.27 bits per heavy atom. The van der Waals surface area contributed by atoms with Crippen LogP contribution in [0.3, 0.4) is 0 Å². The molecule has 2 rings (SSSR count). The van der Waals surface area contributed by atoms with Crippen molar-refractivity contribution >= 4 is 11.9 Å². The zero-order valence-electron chi connectivity index (χ0n) is 14.4. The number of ketones is 1. The Morgan fingerprint density at radius 1 is 0.727 bits per heavy atom. The lowest BCUT2D eigenvalue weighted by Gasteiger charge is -2.09. The van der Waals surface area contributed by atoms with Crippen LogP contribution in [0.25, 0.3) is 6.08 Å². The van der Waals surface area contributed by atoms with Crippen molar-refractivity contribution in [3.05, 3.63) is 74.8 Å². The van der Waals surface area contributed by atoms with E-state index in [2.05, 4.69) is 46.8 Å². The summed E-state index contributed by atoms with van der Waals surface area (Å²) in [7, 11) is 0. The van der Waals surface area contributed by atoms with Crippen LogP contribution >= 0.6 is 0 Å². The summed E-state index contributed by atoms with van der Waals surface area (Å²) in [6.07, 6.45) is 3.62. The van der Waals surface area contributed by atoms with E-state index in [0.29, 0.717) is 0 Å². The molecule has 0 bridgehead atoms. The van der Waals surface area contributed by atoms with E-state index >= 15 is 0 Å². The first-order chi connectivity index (χ1) is 10.3. The smallest absolute Gasteiger partial charge is 0.186 e. The molecular formula is C21H24O. The van der Waals surface area contributed by atoms with Gasteiger partial charge in [0.05, 0.1) is 0 Å². The number of rotatable bonds is 3. The van der Waals surface area contributed by atoms with Crippen LogP contribution in [-0.4, -0.2) is 5.78 Å². The third kappa shape index (κ3) is 3.04. The van der Waals surface area contributed by atoms with Gasteiger partial charge in [0.25, 0.3) is 0 Å². The molecule has 0 amide bonds. The van der Waals surface area contributed by atoms with Crippen molar-refractivity contribution in [1.82, 2.24) is 0 Å². The number of carbonyl (C=O) groups excluding carboxylic acids is 1. The Hall–Kier alpha value is -2.15. The summed E-state index contributed by atoms with van der Waals surface area (Å²) < 4.78 is 0. The van der Waals surface area contributed by atoms with Crippen LogP contribution in [0, 0.1) is 41.5 Å². The Morgan fingerprint density at radius 3 is 1.91 bits per heavy atom. The maximum atomic E-state index is 12.5. The number of hydrogen-bond donors (Lipinski definition) is 0. The van der Waals surface area contributed by atoms with E-state index in [1.807, 2.05) is 25.1 Å². The van der Waals surface area contributed by atoms with Gasteiger partial charge < -0.3 is 0 Å². The minimum atomic E-state index is 0.0678. The van der Waals surface area contributed by atoms with Crippen LogP contribution in [0.2, 0.25) is 0 Å². The van der Waals surface area contributed by atoms with Gasteiger partial charge in [0.15, 0.2) is 5.78 Å². The van der Waals surface area contributed by atoms with Gasteiger partial charge in [0.2, 0.25) is 0 Å². The molecule has 0 aliphatic carbocycles. The first-order valence-electron chi connectivity index (χ1n) is 7.69. The Kier molecular flexibility index (Phi) is 4.65. The highest BCUT2D eigenvalue weighted by Gasteiger charge is 2.09. The number of benzene rings is 2. The lowest BCUT2D eigenvalue weighted by atomic mass is 9.95. The second kappa shape index (κ2) is 6.31. The third-order valence-electron chi connectivity index (χ3n) is 4.84. The summed E-state index contributed by atoms with van der Waals surface area (Å²) in [5.41, 5.74) is 9.21. The van der Waals surface area contributed by atoms with Crippen LogP contribution in [0.4, 0.5) is 0 Å². The average molecular weight is 292 g/mol. The fourth-order valence-electron chi connectivity index (χ4n) is 2.64. The quantitative estimate of drug-likeness (QED) is 0.544. The largest absolute Gasteiger partial charge is 0.289 e. The van der Waals surface area contributed by atoms with Crippen molar-refractivity contribution in [2.24, 2.45) is 0 Å². The van der Waals surface area contributed by atoms with E-state index in [0.717, 1.165) is 16.7 Å². The summed E-state index contributed by atoms with van der Waals surface area (Å²) in [6.45, 7) is 12.5. The van der Waals surface area contributed by atoms with Crippen molar-refractivity contribution in [2.45, 2.75) is 41.5 Å². The fourth-order valence-corrected chi connectivity index (χ4v) is 2.64. The predicted octanol–water partition coefficient (Wildman–Crippen LogP) is 5.43. The van der Waals surface area contributed by atoms with E-state index in [1.54, 1.807) is 6.08 Å². The first kappa shape index (κ1) is 16.2. The van der Waals surface area contributed by atoms with Crippen molar-refractivity contribution in [2.75, 3.05) is 0 Å². The van der Waals surface area contributed by atoms with Crippen LogP contribution in [-0.2, 0) is 0 Å². The lowest BCUT2D eigenvalue weighted by molar-refractivity contribution is 0.104. The summed E-state index contributed by atoms with van der Waals surface area (Å²) >= 11 is 0. The van der Waals surface area contributed by atoms with Gasteiger partial charge in [-0.3, -0.25) is 4.79 Å². The highest BCUT2D eigenvalue weighted by atomic mass is 16.1. The molecule has 0 saturated carbocycles. The SMILES string of the molecule is Cc1ccc(/C=C/C(=O)c2ccc(C)c(C)c2C)c(C)c1C. The van der Waals surface area contributed by atoms with Crippen molar-refractivity contribution in [3.8, 4) is 0 Å². The monoisotopic (exact) mass is 292 g/mol. The third-order valence-corrected chi connectivity index (χ3v) is 4.84. The second-order valence-electron chi connectivity index (χ2n) is 6.10. The molecular weight excluding hydrogens is 268 g/mol. The molecule has 1 nitrogen and oxygen atoms in total. The molecule has 2 aromatic carbocycles. The molecule has 0 heterocycles. The van der Waals surface area contributed by atoms with Gasteiger partial charge in [-0.1, -0.05) is 30.3 Å². The molecule has 114 valence electrons. The topological polar surface area (TPSA) is 17.1 Å². The number of carbonyl (C=O) groups is 1. The normalized spacial score (nSPS) is 11.2. The molecule has 0 aromatic heterocycles. The molecule has 0 aliphatic rings. The van der Waals surface area contributed by atoms with Crippen LogP contribution in [0.5, 0.6) is 0 Å². The second-order valence-corrected chi connectivity index (χ2v) is 6.10. The Bertz CT molecular complexity index is 764. The summed E-state index contributed by atoms with van der Waals surface area (Å²) in [6, 6.07) is 8.13. The van der Waals surface area contributed by atoms with Crippen LogP contribution < -0.4 is 0 Å². The molecule has 0 aliphatic heterocycles. The molecule has 0 atom stereocenters. The Labute approximate surface area is 133 Å². The molecule has 0 N–H and O–H groups in total. The van der Waals surface area contributed by atoms with Gasteiger partial charge in [-0.2, -0.15) is 0 Å². The number of allylic oxidation sites excluding steroid dienone is 1. The van der Waals surface area contributed by atoms with Crippen LogP contribution in [0.15, 0.2) is 30.3 Å². The van der Waals surface area contributed by atoms with Crippen LogP contribution in [0.1, 0.15) is 49.3 Å². The summed E-state index contributed by atoms with van der Waals surface area (Å²) in [5.74, 6) is 0.0678. The molecule has 22 heavy (non-hydrogen) atoms. The zero-order valence-corrected chi connectivity index (χ0v) is 14.4. The van der Waals surface area contributed by atoms with E-state index in [4.69, 9.17) is 0 Å². The van der Waals surface area contributed by atoms with Gasteiger partial charge in [0.1, 0.15) is 0 Å². The first-order valence-corrected chi connectivity index (χ1v) is 7.69. The highest BCUT2D eigenvalue weighted by Crippen LogP contribution is 2.20. The van der Waals surface area contributed by atoms with E-state index in [-0.39, 0.29) is 5.78 Å². The maximum absolute atomic E-state index is 12.5. The van der Waals surface area contributed by atoms with Gasteiger partial charge >= 0.3 is 0 Å².